The number of hydrogen-bond donors (Lipinski definition) is 1. The van der Waals surface area contributed by atoms with Crippen LogP contribution in [-0.4, -0.2) is 26.4 Å². The van der Waals surface area contributed by atoms with Gasteiger partial charge in [-0.1, -0.05) is 32.0 Å². The Morgan fingerprint density at radius 3 is 2.54 bits per heavy atom. The molecule has 0 spiro atoms. The molecule has 0 aliphatic carbocycles. The van der Waals surface area contributed by atoms with Gasteiger partial charge in [0.15, 0.2) is 5.65 Å². The lowest BCUT2D eigenvalue weighted by atomic mass is 9.96. The number of ether oxygens (including phenoxy) is 1. The van der Waals surface area contributed by atoms with Crippen molar-refractivity contribution < 1.29 is 17.9 Å². The van der Waals surface area contributed by atoms with Gasteiger partial charge in [0.1, 0.15) is 11.6 Å². The number of benzene rings is 1. The molecule has 0 saturated carbocycles. The molecule has 0 saturated heterocycles. The van der Waals surface area contributed by atoms with Crippen LogP contribution in [0.15, 0.2) is 36.4 Å². The van der Waals surface area contributed by atoms with Crippen LogP contribution in [0, 0.1) is 5.92 Å². The first-order valence-electron chi connectivity index (χ1n) is 9.07. The summed E-state index contributed by atoms with van der Waals surface area (Å²) in [7, 11) is 0. The van der Waals surface area contributed by atoms with Gasteiger partial charge in [0.25, 0.3) is 5.82 Å². The summed E-state index contributed by atoms with van der Waals surface area (Å²) in [6.45, 7) is 6.58. The van der Waals surface area contributed by atoms with E-state index in [1.807, 2.05) is 31.2 Å². The average Bonchev–Trinajstić information content (AvgIpc) is 3.05. The molecule has 1 N–H and O–H groups in total. The van der Waals surface area contributed by atoms with E-state index in [1.165, 1.54) is 6.07 Å². The molecule has 2 aromatic heterocycles. The average molecular weight is 393 g/mol. The Balaban J connectivity index is 1.98. The van der Waals surface area contributed by atoms with Crippen LogP contribution < -0.4 is 10.1 Å². The molecule has 2 heterocycles. The third-order valence-electron chi connectivity index (χ3n) is 4.14. The fraction of sp³-hybridized carbons (Fsp3) is 0.421. The third kappa shape index (κ3) is 4.35. The van der Waals surface area contributed by atoms with Gasteiger partial charge >= 0.3 is 6.18 Å². The summed E-state index contributed by atoms with van der Waals surface area (Å²) < 4.78 is 45.8. The maximum atomic E-state index is 13.1. The van der Waals surface area contributed by atoms with Crippen molar-refractivity contribution in [2.45, 2.75) is 39.4 Å². The summed E-state index contributed by atoms with van der Waals surface area (Å²) in [5.41, 5.74) is 0.966. The predicted octanol–water partition coefficient (Wildman–Crippen LogP) is 4.74. The van der Waals surface area contributed by atoms with Crippen molar-refractivity contribution in [2.75, 3.05) is 11.9 Å². The van der Waals surface area contributed by atoms with Crippen molar-refractivity contribution in [1.82, 2.24) is 19.8 Å². The van der Waals surface area contributed by atoms with Crippen LogP contribution >= 0.6 is 0 Å². The highest BCUT2D eigenvalue weighted by atomic mass is 19.4. The van der Waals surface area contributed by atoms with Crippen LogP contribution in [0.25, 0.3) is 5.65 Å². The number of rotatable bonds is 7. The van der Waals surface area contributed by atoms with Gasteiger partial charge < -0.3 is 10.1 Å². The summed E-state index contributed by atoms with van der Waals surface area (Å²) in [4.78, 5) is 0. The van der Waals surface area contributed by atoms with E-state index in [0.29, 0.717) is 22.9 Å². The Bertz CT molecular complexity index is 939. The number of anilines is 1. The van der Waals surface area contributed by atoms with E-state index in [0.717, 1.165) is 17.7 Å². The predicted molar refractivity (Wildman–Crippen MR) is 99.2 cm³/mol. The summed E-state index contributed by atoms with van der Waals surface area (Å²) in [6.07, 6.45) is -3.89. The zero-order chi connectivity index (χ0) is 20.3. The molecule has 3 rings (SSSR count). The Labute approximate surface area is 160 Å². The van der Waals surface area contributed by atoms with Gasteiger partial charge in [0, 0.05) is 5.56 Å². The summed E-state index contributed by atoms with van der Waals surface area (Å²) in [6, 6.07) is 10.5. The largest absolute Gasteiger partial charge is 0.494 e. The minimum absolute atomic E-state index is 0.0352. The van der Waals surface area contributed by atoms with Gasteiger partial charge in [-0.25, -0.2) is 0 Å². The molecule has 0 radical (unpaired) electrons. The number of fused-ring (bicyclic) bond motifs is 1. The van der Waals surface area contributed by atoms with Crippen LogP contribution in [0.1, 0.15) is 44.6 Å². The lowest BCUT2D eigenvalue weighted by Crippen LogP contribution is -2.17. The molecule has 1 atom stereocenters. The van der Waals surface area contributed by atoms with E-state index in [9.17, 15) is 13.2 Å². The van der Waals surface area contributed by atoms with Crippen molar-refractivity contribution in [2.24, 2.45) is 5.92 Å². The smallest absolute Gasteiger partial charge is 0.453 e. The molecule has 28 heavy (non-hydrogen) atoms. The topological polar surface area (TPSA) is 64.3 Å². The molecule has 3 aromatic rings. The second kappa shape index (κ2) is 8.04. The van der Waals surface area contributed by atoms with E-state index < -0.39 is 12.0 Å². The minimum Gasteiger partial charge on any atom is -0.494 e. The molecular formula is C19H22F3N5O. The standard InChI is InChI=1S/C19H22F3N5O/c1-4-28-15-8-6-5-7-13(15)14(11-12(2)3)23-16-9-10-17-24-25-18(19(20,21)22)27(17)26-16/h5-10,12,14H,4,11H2,1-3H3,(H,23,26)/t14-/m1/s1. The zero-order valence-corrected chi connectivity index (χ0v) is 15.9. The lowest BCUT2D eigenvalue weighted by Gasteiger charge is -2.24. The number of hydrogen-bond acceptors (Lipinski definition) is 5. The molecule has 0 bridgehead atoms. The van der Waals surface area contributed by atoms with E-state index >= 15 is 0 Å². The van der Waals surface area contributed by atoms with Gasteiger partial charge in [-0.2, -0.15) is 17.7 Å². The summed E-state index contributed by atoms with van der Waals surface area (Å²) in [5.74, 6) is 0.233. The fourth-order valence-corrected chi connectivity index (χ4v) is 3.01. The molecule has 0 aliphatic heterocycles. The molecule has 0 aliphatic rings. The highest BCUT2D eigenvalue weighted by Crippen LogP contribution is 2.32. The zero-order valence-electron chi connectivity index (χ0n) is 15.9. The molecule has 6 nitrogen and oxygen atoms in total. The first-order valence-corrected chi connectivity index (χ1v) is 9.07. The van der Waals surface area contributed by atoms with E-state index in [1.54, 1.807) is 6.07 Å². The monoisotopic (exact) mass is 393 g/mol. The van der Waals surface area contributed by atoms with Crippen molar-refractivity contribution in [1.29, 1.82) is 0 Å². The third-order valence-corrected chi connectivity index (χ3v) is 4.14. The van der Waals surface area contributed by atoms with Crippen LogP contribution in [0.2, 0.25) is 0 Å². The van der Waals surface area contributed by atoms with Crippen molar-refractivity contribution in [3.8, 4) is 5.75 Å². The highest BCUT2D eigenvalue weighted by Gasteiger charge is 2.37. The van der Waals surface area contributed by atoms with Crippen LogP contribution in [0.4, 0.5) is 19.0 Å². The number of para-hydroxylation sites is 1. The number of alkyl halides is 3. The van der Waals surface area contributed by atoms with Crippen molar-refractivity contribution in [3.05, 3.63) is 47.8 Å². The maximum absolute atomic E-state index is 13.1. The van der Waals surface area contributed by atoms with Gasteiger partial charge in [0.05, 0.1) is 12.6 Å². The Hall–Kier alpha value is -2.84. The highest BCUT2D eigenvalue weighted by molar-refractivity contribution is 5.47. The number of halogens is 3. The van der Waals surface area contributed by atoms with E-state index in [4.69, 9.17) is 4.74 Å². The minimum atomic E-state index is -4.63. The molecule has 150 valence electrons. The summed E-state index contributed by atoms with van der Waals surface area (Å²) in [5, 5.41) is 14.1. The maximum Gasteiger partial charge on any atom is 0.453 e. The van der Waals surface area contributed by atoms with Gasteiger partial charge in [0.2, 0.25) is 0 Å². The molecule has 0 amide bonds. The van der Waals surface area contributed by atoms with Gasteiger partial charge in [-0.3, -0.25) is 0 Å². The molecule has 0 fully saturated rings. The molecular weight excluding hydrogens is 371 g/mol. The van der Waals surface area contributed by atoms with Crippen LogP contribution in [0.5, 0.6) is 5.75 Å². The fourth-order valence-electron chi connectivity index (χ4n) is 3.01. The normalized spacial score (nSPS) is 13.1. The number of nitrogens with zero attached hydrogens (tertiary/aromatic N) is 4. The SMILES string of the molecule is CCOc1ccccc1[C@@H](CC(C)C)Nc1ccc2nnc(C(F)(F)F)n2n1. The summed E-state index contributed by atoms with van der Waals surface area (Å²) >= 11 is 0. The second-order valence-electron chi connectivity index (χ2n) is 6.81. The van der Waals surface area contributed by atoms with Crippen LogP contribution in [-0.2, 0) is 6.18 Å². The number of aromatic nitrogens is 4. The van der Waals surface area contributed by atoms with Crippen molar-refractivity contribution in [3.63, 3.8) is 0 Å². The second-order valence-corrected chi connectivity index (χ2v) is 6.81. The number of nitrogens with one attached hydrogen (secondary N) is 1. The Morgan fingerprint density at radius 1 is 1.11 bits per heavy atom. The van der Waals surface area contributed by atoms with Crippen molar-refractivity contribution >= 4 is 11.5 Å². The van der Waals surface area contributed by atoms with Gasteiger partial charge in [-0.15, -0.1) is 15.3 Å². The van der Waals surface area contributed by atoms with E-state index in [-0.39, 0.29) is 11.7 Å². The first-order chi connectivity index (χ1) is 13.3. The lowest BCUT2D eigenvalue weighted by molar-refractivity contribution is -0.146. The molecule has 0 unspecified atom stereocenters. The first kappa shape index (κ1) is 19.9. The quantitative estimate of drug-likeness (QED) is 0.628. The molecule has 9 heteroatoms. The Kier molecular flexibility index (Phi) is 5.71. The molecule has 1 aromatic carbocycles. The Morgan fingerprint density at radius 2 is 1.86 bits per heavy atom. The van der Waals surface area contributed by atoms with Gasteiger partial charge in [-0.05, 0) is 37.5 Å². The van der Waals surface area contributed by atoms with Crippen LogP contribution in [0.3, 0.4) is 0 Å². The van der Waals surface area contributed by atoms with E-state index in [2.05, 4.69) is 34.5 Å².